The second kappa shape index (κ2) is 5.31. The standard InChI is InChI=1S/CH2Cl.2Al.O.3H/c1-2;;;;;;/h1H2;;;;;;. The van der Waals surface area contributed by atoms with Gasteiger partial charge in [-0.1, -0.05) is 0 Å². The van der Waals surface area contributed by atoms with Crippen LogP contribution >= 0.6 is 11.6 Å². The molecular formula is CH5Al2ClO. The molecule has 28 valence electrons. The molecule has 4 heteroatoms. The van der Waals surface area contributed by atoms with Gasteiger partial charge in [-0.3, -0.25) is 0 Å². The van der Waals surface area contributed by atoms with Gasteiger partial charge >= 0.3 is 32.2 Å². The first-order chi connectivity index (χ1) is 2.41. The van der Waals surface area contributed by atoms with Gasteiger partial charge in [0.05, 0.1) is 0 Å². The average Bonchev–Trinajstić information content (AvgIpc) is 1.41. The zero-order valence-corrected chi connectivity index (χ0v) is 7.37. The minimum atomic E-state index is -0.241. The summed E-state index contributed by atoms with van der Waals surface area (Å²) in [7, 11) is 0. The van der Waals surface area contributed by atoms with E-state index in [2.05, 4.69) is 0 Å². The number of halogens is 1. The Bertz CT molecular complexity index is 17.1. The van der Waals surface area contributed by atoms with Crippen LogP contribution in [0.25, 0.3) is 0 Å². The molecule has 0 aromatic heterocycles. The highest BCUT2D eigenvalue weighted by Gasteiger charge is 1.79. The Morgan fingerprint density at radius 1 is 2.00 bits per heavy atom. The molecule has 0 radical (unpaired) electrons. The lowest BCUT2D eigenvalue weighted by atomic mass is 11.9. The molecule has 0 rings (SSSR count). The predicted octanol–water partition coefficient (Wildman–Crippen LogP) is -0.901. The molecule has 0 heterocycles. The van der Waals surface area contributed by atoms with E-state index < -0.39 is 0 Å². The van der Waals surface area contributed by atoms with E-state index in [9.17, 15) is 0 Å². The molecule has 1 nitrogen and oxygen atoms in total. The summed E-state index contributed by atoms with van der Waals surface area (Å²) < 4.78 is 5.60. The van der Waals surface area contributed by atoms with Crippen LogP contribution in [0.5, 0.6) is 0 Å². The summed E-state index contributed by atoms with van der Waals surface area (Å²) in [6.45, 7) is 0. The van der Waals surface area contributed by atoms with Crippen molar-refractivity contribution in [2.45, 2.75) is 0 Å². The molecule has 0 aliphatic carbocycles. The van der Waals surface area contributed by atoms with Crippen LogP contribution in [0.15, 0.2) is 0 Å². The average molecular weight is 122 g/mol. The monoisotopic (exact) mass is 122 g/mol. The zero-order valence-electron chi connectivity index (χ0n) is 3.20. The molecule has 0 saturated carbocycles. The van der Waals surface area contributed by atoms with Crippen molar-refractivity contribution in [3.05, 3.63) is 0 Å². The van der Waals surface area contributed by atoms with Crippen LogP contribution in [0.4, 0.5) is 0 Å². The molecule has 0 aromatic rings. The number of hydrogen-bond acceptors (Lipinski definition) is 1. The molecule has 0 aromatic carbocycles. The first-order valence-corrected chi connectivity index (χ1v) is 4.39. The van der Waals surface area contributed by atoms with E-state index in [0.717, 1.165) is 21.4 Å². The van der Waals surface area contributed by atoms with E-state index in [1.807, 2.05) is 0 Å². The summed E-state index contributed by atoms with van der Waals surface area (Å²) in [5.41, 5.74) is 0. The fourth-order valence-corrected chi connectivity index (χ4v) is 2.08. The van der Waals surface area contributed by atoms with Gasteiger partial charge in [-0.25, -0.2) is 0 Å². The molecule has 0 saturated heterocycles. The van der Waals surface area contributed by atoms with Crippen LogP contribution < -0.4 is 0 Å². The Balaban J connectivity index is 2.19. The van der Waals surface area contributed by atoms with Gasteiger partial charge in [0.2, 0.25) is 0 Å². The van der Waals surface area contributed by atoms with Crippen molar-refractivity contribution >= 4 is 43.8 Å². The normalized spacial score (nSPS) is 7.40. The van der Waals surface area contributed by atoms with Crippen molar-refractivity contribution in [2.24, 2.45) is 0 Å². The summed E-state index contributed by atoms with van der Waals surface area (Å²) in [6, 6.07) is 0. The van der Waals surface area contributed by atoms with Crippen LogP contribution in [0.3, 0.4) is 0 Å². The maximum atomic E-state index is 5.26. The topological polar surface area (TPSA) is 9.23 Å². The summed E-state index contributed by atoms with van der Waals surface area (Å²) in [5, 5.41) is 0. The predicted molar refractivity (Wildman–Crippen MR) is 27.5 cm³/mol. The van der Waals surface area contributed by atoms with E-state index in [1.165, 1.54) is 0 Å². The highest BCUT2D eigenvalue weighted by molar-refractivity contribution is 6.48. The Labute approximate surface area is 51.4 Å². The highest BCUT2D eigenvalue weighted by Crippen LogP contribution is 1.66. The molecule has 0 aliphatic heterocycles. The Morgan fingerprint density at radius 3 is 2.60 bits per heavy atom. The van der Waals surface area contributed by atoms with Crippen molar-refractivity contribution in [3.8, 4) is 0 Å². The third kappa shape index (κ3) is 5.31. The molecule has 0 amide bonds. The van der Waals surface area contributed by atoms with E-state index in [0.29, 0.717) is 0 Å². The molecular weight excluding hydrogens is 117 g/mol. The third-order valence-corrected chi connectivity index (χ3v) is 2.53. The molecule has 0 unspecified atom stereocenters. The second-order valence-electron chi connectivity index (χ2n) is 0.682. The third-order valence-electron chi connectivity index (χ3n) is 0.281. The van der Waals surface area contributed by atoms with Gasteiger partial charge in [-0.2, -0.15) is 0 Å². The van der Waals surface area contributed by atoms with Gasteiger partial charge in [0.1, 0.15) is 0 Å². The SMILES string of the molecule is [AlH2][O][AlH][CH2]Cl. The van der Waals surface area contributed by atoms with Crippen LogP contribution in [0, 0.1) is 0 Å². The second-order valence-corrected chi connectivity index (χ2v) is 4.91. The quantitative estimate of drug-likeness (QED) is 0.341. The fourth-order valence-electron chi connectivity index (χ4n) is 0.0772. The number of alkyl halides is 1. The van der Waals surface area contributed by atoms with Gasteiger partial charge in [0.25, 0.3) is 0 Å². The zero-order chi connectivity index (χ0) is 4.12. The molecule has 5 heavy (non-hydrogen) atoms. The van der Waals surface area contributed by atoms with Crippen molar-refractivity contribution in [1.29, 1.82) is 0 Å². The molecule has 0 fully saturated rings. The molecule has 0 N–H and O–H groups in total. The van der Waals surface area contributed by atoms with E-state index in [1.54, 1.807) is 0 Å². The van der Waals surface area contributed by atoms with Crippen LogP contribution in [-0.4, -0.2) is 36.9 Å². The lowest BCUT2D eigenvalue weighted by molar-refractivity contribution is 0.669. The van der Waals surface area contributed by atoms with E-state index >= 15 is 0 Å². The summed E-state index contributed by atoms with van der Waals surface area (Å²) in [5.74, 6) is 0. The Hall–Kier alpha value is 1.31. The van der Waals surface area contributed by atoms with Crippen molar-refractivity contribution in [3.63, 3.8) is 0 Å². The van der Waals surface area contributed by atoms with Crippen LogP contribution in [-0.2, 0) is 2.84 Å². The lowest BCUT2D eigenvalue weighted by Gasteiger charge is -1.81. The largest absolute Gasteiger partial charge is 0.644 e. The first kappa shape index (κ1) is 6.31. The number of rotatable bonds is 2. The van der Waals surface area contributed by atoms with Crippen molar-refractivity contribution in [2.75, 3.05) is 4.74 Å². The van der Waals surface area contributed by atoms with Gasteiger partial charge in [-0.15, -0.1) is 11.6 Å². The van der Waals surface area contributed by atoms with E-state index in [4.69, 9.17) is 14.4 Å². The molecule has 0 aliphatic rings. The molecule has 0 bridgehead atoms. The van der Waals surface area contributed by atoms with Crippen LogP contribution in [0.1, 0.15) is 0 Å². The summed E-state index contributed by atoms with van der Waals surface area (Å²) in [6.07, 6.45) is 0. The summed E-state index contributed by atoms with van der Waals surface area (Å²) >= 11 is 5.90. The van der Waals surface area contributed by atoms with Gasteiger partial charge in [0.15, 0.2) is 0 Å². The van der Waals surface area contributed by atoms with Gasteiger partial charge in [-0.05, 0) is 0 Å². The Morgan fingerprint density at radius 2 is 2.60 bits per heavy atom. The minimum absolute atomic E-state index is 0.241. The van der Waals surface area contributed by atoms with E-state index in [-0.39, 0.29) is 15.6 Å². The minimum Gasteiger partial charge on any atom is -0.644 e. The van der Waals surface area contributed by atoms with Crippen molar-refractivity contribution < 1.29 is 2.84 Å². The summed E-state index contributed by atoms with van der Waals surface area (Å²) in [4.78, 5) is 0. The maximum Gasteiger partial charge on any atom is 0.420 e. The van der Waals surface area contributed by atoms with Gasteiger partial charge < -0.3 is 2.84 Å². The number of hydrogen-bond donors (Lipinski definition) is 0. The smallest absolute Gasteiger partial charge is 0.420 e. The first-order valence-electron chi connectivity index (χ1n) is 1.46. The van der Waals surface area contributed by atoms with Crippen molar-refractivity contribution in [1.82, 2.24) is 0 Å². The molecule has 0 spiro atoms. The van der Waals surface area contributed by atoms with Crippen LogP contribution in [0.2, 0.25) is 0 Å². The Kier molecular flexibility index (Phi) is 6.71. The highest BCUT2D eigenvalue weighted by atomic mass is 35.5. The lowest BCUT2D eigenvalue weighted by Crippen LogP contribution is -1.94. The molecule has 0 atom stereocenters. The maximum absolute atomic E-state index is 5.26. The fraction of sp³-hybridized carbons (Fsp3) is 1.00. The van der Waals surface area contributed by atoms with Gasteiger partial charge in [0, 0.05) is 4.74 Å².